The van der Waals surface area contributed by atoms with Crippen molar-refractivity contribution >= 4 is 17.6 Å². The molecule has 34 heavy (non-hydrogen) atoms. The minimum atomic E-state index is -0.471. The molecule has 1 aromatic rings. The summed E-state index contributed by atoms with van der Waals surface area (Å²) in [6, 6.07) is 4.55. The van der Waals surface area contributed by atoms with Crippen LogP contribution in [0, 0.1) is 5.82 Å². The molecule has 1 aromatic carbocycles. The van der Waals surface area contributed by atoms with Crippen molar-refractivity contribution in [3.8, 4) is 0 Å². The molecule has 0 spiro atoms. The normalized spacial score (nSPS) is 23.2. The Hall–Kier alpha value is -3.30. The minimum absolute atomic E-state index is 0.0544. The molecular weight excluding hydrogens is 441 g/mol. The van der Waals surface area contributed by atoms with Crippen molar-refractivity contribution in [3.63, 3.8) is 0 Å². The number of ether oxygens (including phenoxy) is 2. The highest BCUT2D eigenvalue weighted by Crippen LogP contribution is 2.32. The molecule has 178 valence electrons. The number of piperidine rings is 1. The van der Waals surface area contributed by atoms with Gasteiger partial charge in [0.1, 0.15) is 18.5 Å². The molecule has 8 nitrogen and oxygen atoms in total. The molecule has 1 unspecified atom stereocenters. The molecule has 9 heteroatoms. The van der Waals surface area contributed by atoms with E-state index >= 15 is 0 Å². The summed E-state index contributed by atoms with van der Waals surface area (Å²) >= 11 is 0. The van der Waals surface area contributed by atoms with Crippen LogP contribution in [0.15, 0.2) is 53.5 Å². The Labute approximate surface area is 196 Å². The van der Waals surface area contributed by atoms with Gasteiger partial charge in [-0.15, -0.1) is 0 Å². The molecule has 2 fully saturated rings. The van der Waals surface area contributed by atoms with Crippen LogP contribution in [-0.2, 0) is 37.0 Å². The van der Waals surface area contributed by atoms with E-state index in [1.165, 1.54) is 12.1 Å². The highest BCUT2D eigenvalue weighted by molar-refractivity contribution is 6.06. The van der Waals surface area contributed by atoms with Crippen LogP contribution in [-0.4, -0.2) is 66.3 Å². The van der Waals surface area contributed by atoms with Gasteiger partial charge < -0.3 is 14.4 Å². The first-order chi connectivity index (χ1) is 16.5. The number of amides is 2. The Morgan fingerprint density at radius 1 is 1.15 bits per heavy atom. The number of nitrogens with zero attached hydrogens (tertiary/aromatic N) is 2. The predicted molar refractivity (Wildman–Crippen MR) is 119 cm³/mol. The van der Waals surface area contributed by atoms with E-state index in [2.05, 4.69) is 10.2 Å². The van der Waals surface area contributed by atoms with Gasteiger partial charge in [-0.1, -0.05) is 12.1 Å². The molecule has 0 aromatic heterocycles. The summed E-state index contributed by atoms with van der Waals surface area (Å²) in [5.74, 6) is -0.960. The number of rotatable bonds is 6. The Bertz CT molecular complexity index is 1120. The maximum atomic E-state index is 14.7. The molecule has 3 aliphatic heterocycles. The third-order valence-corrected chi connectivity index (χ3v) is 6.51. The highest BCUT2D eigenvalue weighted by atomic mass is 19.1. The SMILES string of the molecule is O=C1CCC(N2C=C3C=CC(=O)C(OCc4ccc(CN5CCOCC5)c(F)c4)=C3C2)C(=O)N1. The number of hydrogen-bond acceptors (Lipinski definition) is 7. The third-order valence-electron chi connectivity index (χ3n) is 6.51. The van der Waals surface area contributed by atoms with E-state index < -0.39 is 6.04 Å². The molecule has 2 saturated heterocycles. The van der Waals surface area contributed by atoms with Crippen molar-refractivity contribution in [3.05, 3.63) is 70.4 Å². The fraction of sp³-hybridized carbons (Fsp3) is 0.400. The van der Waals surface area contributed by atoms with E-state index in [1.54, 1.807) is 12.1 Å². The molecule has 1 atom stereocenters. The lowest BCUT2D eigenvalue weighted by Crippen LogP contribution is -2.50. The number of carbonyl (C=O) groups excluding carboxylic acids is 3. The zero-order valence-corrected chi connectivity index (χ0v) is 18.7. The average Bonchev–Trinajstić information content (AvgIpc) is 3.25. The average molecular weight is 467 g/mol. The van der Waals surface area contributed by atoms with Crippen molar-refractivity contribution < 1.29 is 28.2 Å². The summed E-state index contributed by atoms with van der Waals surface area (Å²) in [4.78, 5) is 40.3. The zero-order chi connectivity index (χ0) is 23.7. The van der Waals surface area contributed by atoms with Gasteiger partial charge in [0.05, 0.1) is 13.2 Å². The van der Waals surface area contributed by atoms with Gasteiger partial charge in [0, 0.05) is 49.9 Å². The van der Waals surface area contributed by atoms with Gasteiger partial charge in [-0.2, -0.15) is 0 Å². The van der Waals surface area contributed by atoms with Crippen molar-refractivity contribution in [2.24, 2.45) is 0 Å². The molecule has 0 saturated carbocycles. The first-order valence-corrected chi connectivity index (χ1v) is 11.5. The fourth-order valence-electron chi connectivity index (χ4n) is 4.63. The lowest BCUT2D eigenvalue weighted by atomic mass is 10.00. The lowest BCUT2D eigenvalue weighted by Gasteiger charge is -2.29. The molecule has 5 rings (SSSR count). The van der Waals surface area contributed by atoms with E-state index in [9.17, 15) is 18.8 Å². The number of halogens is 1. The molecular formula is C25H26FN3O5. The minimum Gasteiger partial charge on any atom is -0.484 e. The fourth-order valence-corrected chi connectivity index (χ4v) is 4.63. The van der Waals surface area contributed by atoms with Crippen LogP contribution in [0.5, 0.6) is 0 Å². The summed E-state index contributed by atoms with van der Waals surface area (Å²) in [5, 5.41) is 2.36. The second-order valence-electron chi connectivity index (χ2n) is 8.83. The van der Waals surface area contributed by atoms with Crippen LogP contribution in [0.25, 0.3) is 0 Å². The molecule has 3 heterocycles. The number of nitrogens with one attached hydrogen (secondary N) is 1. The van der Waals surface area contributed by atoms with Gasteiger partial charge in [0.2, 0.25) is 17.6 Å². The van der Waals surface area contributed by atoms with Gasteiger partial charge >= 0.3 is 0 Å². The number of carbonyl (C=O) groups is 3. The number of fused-ring (bicyclic) bond motifs is 1. The molecule has 2 amide bonds. The second kappa shape index (κ2) is 9.52. The van der Waals surface area contributed by atoms with Crippen LogP contribution >= 0.6 is 0 Å². The maximum Gasteiger partial charge on any atom is 0.249 e. The van der Waals surface area contributed by atoms with Crippen molar-refractivity contribution in [2.75, 3.05) is 32.8 Å². The Balaban J connectivity index is 1.26. The first-order valence-electron chi connectivity index (χ1n) is 11.5. The van der Waals surface area contributed by atoms with Crippen molar-refractivity contribution in [1.29, 1.82) is 0 Å². The van der Waals surface area contributed by atoms with Crippen LogP contribution in [0.4, 0.5) is 4.39 Å². The Morgan fingerprint density at radius 2 is 1.97 bits per heavy atom. The quantitative estimate of drug-likeness (QED) is 0.636. The Kier molecular flexibility index (Phi) is 6.30. The maximum absolute atomic E-state index is 14.7. The Morgan fingerprint density at radius 3 is 2.74 bits per heavy atom. The van der Waals surface area contributed by atoms with Crippen molar-refractivity contribution in [2.45, 2.75) is 32.0 Å². The molecule has 4 aliphatic rings. The zero-order valence-electron chi connectivity index (χ0n) is 18.7. The van der Waals surface area contributed by atoms with Crippen LogP contribution < -0.4 is 5.32 Å². The predicted octanol–water partition coefficient (Wildman–Crippen LogP) is 1.57. The third kappa shape index (κ3) is 4.67. The molecule has 1 N–H and O–H groups in total. The first kappa shape index (κ1) is 22.5. The number of benzene rings is 1. The summed E-state index contributed by atoms with van der Waals surface area (Å²) < 4.78 is 25.9. The molecule has 1 aliphatic carbocycles. The van der Waals surface area contributed by atoms with Gasteiger partial charge in [0.15, 0.2) is 5.76 Å². The van der Waals surface area contributed by atoms with Crippen LogP contribution in [0.3, 0.4) is 0 Å². The summed E-state index contributed by atoms with van der Waals surface area (Å²) in [6.45, 7) is 3.79. The summed E-state index contributed by atoms with van der Waals surface area (Å²) in [5.41, 5.74) is 2.74. The van der Waals surface area contributed by atoms with Gasteiger partial charge in [-0.25, -0.2) is 4.39 Å². The highest BCUT2D eigenvalue weighted by Gasteiger charge is 2.36. The van der Waals surface area contributed by atoms with Gasteiger partial charge in [-0.3, -0.25) is 24.6 Å². The van der Waals surface area contributed by atoms with E-state index in [4.69, 9.17) is 9.47 Å². The van der Waals surface area contributed by atoms with Crippen LogP contribution in [0.1, 0.15) is 24.0 Å². The van der Waals surface area contributed by atoms with Crippen molar-refractivity contribution in [1.82, 2.24) is 15.1 Å². The van der Waals surface area contributed by atoms with Gasteiger partial charge in [-0.05, 0) is 35.8 Å². The number of ketones is 1. The second-order valence-corrected chi connectivity index (χ2v) is 8.83. The number of imide groups is 1. The van der Waals surface area contributed by atoms with E-state index in [0.29, 0.717) is 49.4 Å². The number of hydrogen-bond donors (Lipinski definition) is 1. The topological polar surface area (TPSA) is 88.2 Å². The number of morpholine rings is 1. The standard InChI is InChI=1S/C25H26FN3O5/c26-20-11-16(1-2-18(20)12-28-7-9-33-10-8-28)15-34-24-19-14-29(13-17(19)3-5-22(24)30)21-4-6-23(31)27-25(21)32/h1-3,5,11,13,21H,4,6-10,12,14-15H2,(H,27,31,32). The lowest BCUT2D eigenvalue weighted by molar-refractivity contribution is -0.136. The smallest absolute Gasteiger partial charge is 0.249 e. The monoisotopic (exact) mass is 467 g/mol. The van der Waals surface area contributed by atoms with E-state index in [1.807, 2.05) is 17.2 Å². The largest absolute Gasteiger partial charge is 0.484 e. The van der Waals surface area contributed by atoms with E-state index in [-0.39, 0.29) is 42.2 Å². The van der Waals surface area contributed by atoms with Crippen LogP contribution in [0.2, 0.25) is 0 Å². The van der Waals surface area contributed by atoms with Gasteiger partial charge in [0.25, 0.3) is 0 Å². The van der Waals surface area contributed by atoms with E-state index in [0.717, 1.165) is 18.7 Å². The number of allylic oxidation sites excluding steroid dienone is 2. The molecule has 0 bridgehead atoms. The summed E-state index contributed by atoms with van der Waals surface area (Å²) in [7, 11) is 0. The molecule has 0 radical (unpaired) electrons. The summed E-state index contributed by atoms with van der Waals surface area (Å²) in [6.07, 6.45) is 5.66.